The van der Waals surface area contributed by atoms with Gasteiger partial charge in [-0.1, -0.05) is 55.1 Å². The zero-order valence-electron chi connectivity index (χ0n) is 17.3. The predicted molar refractivity (Wildman–Crippen MR) is 118 cm³/mol. The number of carbonyl (C=O) groups excluding carboxylic acids is 2. The van der Waals surface area contributed by atoms with E-state index in [1.807, 2.05) is 30.3 Å². The summed E-state index contributed by atoms with van der Waals surface area (Å²) in [7, 11) is 0. The summed E-state index contributed by atoms with van der Waals surface area (Å²) in [6.07, 6.45) is 1.56. The van der Waals surface area contributed by atoms with Gasteiger partial charge in [-0.15, -0.1) is 0 Å². The van der Waals surface area contributed by atoms with E-state index in [9.17, 15) is 14.0 Å². The quantitative estimate of drug-likeness (QED) is 0.146. The maximum Gasteiger partial charge on any atom is 0.338 e. The zero-order chi connectivity index (χ0) is 22.2. The lowest BCUT2D eigenvalue weighted by atomic mass is 9.98. The van der Waals surface area contributed by atoms with Crippen LogP contribution in [-0.2, 0) is 20.7 Å². The van der Waals surface area contributed by atoms with E-state index in [2.05, 4.69) is 6.58 Å². The third kappa shape index (κ3) is 5.89. The Labute approximate surface area is 180 Å². The highest BCUT2D eigenvalue weighted by Crippen LogP contribution is 2.29. The maximum atomic E-state index is 14.8. The second-order valence-corrected chi connectivity index (χ2v) is 7.16. The van der Waals surface area contributed by atoms with E-state index in [4.69, 9.17) is 9.47 Å². The molecule has 3 aromatic carbocycles. The number of ether oxygens (including phenoxy) is 2. The molecule has 0 spiro atoms. The lowest BCUT2D eigenvalue weighted by Gasteiger charge is -2.09. The van der Waals surface area contributed by atoms with Gasteiger partial charge in [-0.05, 0) is 60.2 Å². The molecule has 0 atom stereocenters. The summed E-state index contributed by atoms with van der Waals surface area (Å²) in [5.41, 5.74) is 4.29. The van der Waals surface area contributed by atoms with Gasteiger partial charge >= 0.3 is 5.97 Å². The van der Waals surface area contributed by atoms with E-state index < -0.39 is 5.97 Å². The molecule has 0 fully saturated rings. The van der Waals surface area contributed by atoms with Crippen molar-refractivity contribution in [3.05, 3.63) is 90.3 Å². The Morgan fingerprint density at radius 3 is 2.23 bits per heavy atom. The normalized spacial score (nSPS) is 10.4. The monoisotopic (exact) mass is 418 g/mol. The predicted octanol–water partition coefficient (Wildman–Crippen LogP) is 5.75. The Balaban J connectivity index is 1.70. The summed E-state index contributed by atoms with van der Waals surface area (Å²) in [6, 6.07) is 19.7. The minimum Gasteiger partial charge on any atom is -0.468 e. The van der Waals surface area contributed by atoms with Crippen LogP contribution in [0.25, 0.3) is 22.3 Å². The van der Waals surface area contributed by atoms with E-state index in [0.717, 1.165) is 29.5 Å². The second-order valence-electron chi connectivity index (χ2n) is 7.16. The molecule has 4 nitrogen and oxygen atoms in total. The van der Waals surface area contributed by atoms with Gasteiger partial charge in [0.05, 0.1) is 6.61 Å². The van der Waals surface area contributed by atoms with Gasteiger partial charge in [0.1, 0.15) is 11.6 Å². The number of carbonyl (C=O) groups is 2. The van der Waals surface area contributed by atoms with Crippen molar-refractivity contribution in [3.63, 3.8) is 0 Å². The number of rotatable bonds is 9. The molecule has 0 amide bonds. The van der Waals surface area contributed by atoms with Crippen molar-refractivity contribution in [1.82, 2.24) is 0 Å². The molecule has 0 aliphatic heterocycles. The van der Waals surface area contributed by atoms with Crippen molar-refractivity contribution < 1.29 is 23.5 Å². The van der Waals surface area contributed by atoms with Crippen LogP contribution in [0.3, 0.4) is 0 Å². The fourth-order valence-corrected chi connectivity index (χ4v) is 3.10. The number of hydrogen-bond donors (Lipinski definition) is 0. The summed E-state index contributed by atoms with van der Waals surface area (Å²) in [5.74, 6) is -0.450. The topological polar surface area (TPSA) is 52.6 Å². The second kappa shape index (κ2) is 10.3. The van der Waals surface area contributed by atoms with Crippen LogP contribution in [0.4, 0.5) is 4.39 Å². The number of hydrogen-bond acceptors (Lipinski definition) is 4. The maximum absolute atomic E-state index is 14.8. The summed E-state index contributed by atoms with van der Waals surface area (Å²) in [6.45, 7) is 5.97. The minimum atomic E-state index is -0.497. The highest BCUT2D eigenvalue weighted by molar-refractivity contribution is 5.88. The first kappa shape index (κ1) is 22.0. The molecule has 3 aromatic rings. The van der Waals surface area contributed by atoms with Gasteiger partial charge < -0.3 is 9.47 Å². The fraction of sp³-hybridized carbons (Fsp3) is 0.154. The first-order valence-corrected chi connectivity index (χ1v) is 9.90. The first-order valence-electron chi connectivity index (χ1n) is 9.90. The van der Waals surface area contributed by atoms with Crippen LogP contribution >= 0.6 is 0 Å². The number of halogens is 1. The SMILES string of the molecule is C=C(C)C(=O)Oc1ccc(-c2ccc(-c3ccc(CCCOC=O)cc3)cc2F)cc1. The molecule has 3 rings (SSSR count). The highest BCUT2D eigenvalue weighted by atomic mass is 19.1. The molecule has 0 N–H and O–H groups in total. The van der Waals surface area contributed by atoms with Gasteiger partial charge in [-0.25, -0.2) is 9.18 Å². The summed E-state index contributed by atoms with van der Waals surface area (Å²) >= 11 is 0. The summed E-state index contributed by atoms with van der Waals surface area (Å²) in [4.78, 5) is 21.8. The first-order chi connectivity index (χ1) is 15.0. The van der Waals surface area contributed by atoms with Gasteiger partial charge in [-0.2, -0.15) is 0 Å². The van der Waals surface area contributed by atoms with Crippen molar-refractivity contribution >= 4 is 12.4 Å². The molecule has 0 aromatic heterocycles. The molecule has 31 heavy (non-hydrogen) atoms. The fourth-order valence-electron chi connectivity index (χ4n) is 3.10. The van der Waals surface area contributed by atoms with Crippen LogP contribution in [-0.4, -0.2) is 19.0 Å². The van der Waals surface area contributed by atoms with Crippen molar-refractivity contribution in [2.75, 3.05) is 6.61 Å². The smallest absolute Gasteiger partial charge is 0.338 e. The van der Waals surface area contributed by atoms with Crippen LogP contribution in [0.1, 0.15) is 18.9 Å². The van der Waals surface area contributed by atoms with Crippen molar-refractivity contribution in [1.29, 1.82) is 0 Å². The molecule has 0 radical (unpaired) electrons. The summed E-state index contributed by atoms with van der Waals surface area (Å²) < 4.78 is 24.7. The van der Waals surface area contributed by atoms with Crippen LogP contribution in [0.15, 0.2) is 78.9 Å². The zero-order valence-corrected chi connectivity index (χ0v) is 17.3. The molecule has 0 aliphatic rings. The van der Waals surface area contributed by atoms with Crippen molar-refractivity contribution in [2.45, 2.75) is 19.8 Å². The third-order valence-electron chi connectivity index (χ3n) is 4.78. The molecule has 0 unspecified atom stereocenters. The Morgan fingerprint density at radius 2 is 1.61 bits per heavy atom. The van der Waals surface area contributed by atoms with E-state index in [-0.39, 0.29) is 5.82 Å². The van der Waals surface area contributed by atoms with Crippen LogP contribution in [0, 0.1) is 5.82 Å². The number of aryl methyl sites for hydroxylation is 1. The molecule has 0 saturated carbocycles. The summed E-state index contributed by atoms with van der Waals surface area (Å²) in [5, 5.41) is 0. The van der Waals surface area contributed by atoms with Gasteiger partial charge in [-0.3, -0.25) is 4.79 Å². The molecule has 5 heteroatoms. The molecule has 0 saturated heterocycles. The van der Waals surface area contributed by atoms with E-state index in [1.54, 1.807) is 37.3 Å². The Bertz CT molecular complexity index is 1070. The third-order valence-corrected chi connectivity index (χ3v) is 4.78. The molecule has 0 aliphatic carbocycles. The molecule has 0 heterocycles. The minimum absolute atomic E-state index is 0.311. The van der Waals surface area contributed by atoms with Crippen molar-refractivity contribution in [2.24, 2.45) is 0 Å². The Kier molecular flexibility index (Phi) is 7.33. The van der Waals surface area contributed by atoms with E-state index in [0.29, 0.717) is 35.5 Å². The van der Waals surface area contributed by atoms with Gasteiger partial charge in [0.15, 0.2) is 0 Å². The molecular formula is C26H23FO4. The standard InChI is InChI=1S/C26H23FO4/c1-18(2)26(29)31-23-12-9-21(10-13-23)24-14-11-22(16-25(24)27)20-7-5-19(6-8-20)4-3-15-30-17-28/h5-14,16-17H,1,3-4,15H2,2H3. The van der Waals surface area contributed by atoms with Crippen LogP contribution < -0.4 is 4.74 Å². The molecule has 158 valence electrons. The van der Waals surface area contributed by atoms with Crippen LogP contribution in [0.5, 0.6) is 5.75 Å². The van der Waals surface area contributed by atoms with Crippen LogP contribution in [0.2, 0.25) is 0 Å². The molecular weight excluding hydrogens is 395 g/mol. The lowest BCUT2D eigenvalue weighted by Crippen LogP contribution is -2.07. The van der Waals surface area contributed by atoms with E-state index in [1.165, 1.54) is 6.07 Å². The van der Waals surface area contributed by atoms with E-state index >= 15 is 0 Å². The lowest BCUT2D eigenvalue weighted by molar-refractivity contribution is -0.130. The number of esters is 1. The molecule has 0 bridgehead atoms. The van der Waals surface area contributed by atoms with Crippen molar-refractivity contribution in [3.8, 4) is 28.0 Å². The Morgan fingerprint density at radius 1 is 0.968 bits per heavy atom. The van der Waals surface area contributed by atoms with Gasteiger partial charge in [0.25, 0.3) is 6.47 Å². The average Bonchev–Trinajstić information content (AvgIpc) is 2.78. The Hall–Kier alpha value is -3.73. The van der Waals surface area contributed by atoms with Gasteiger partial charge in [0.2, 0.25) is 0 Å². The largest absolute Gasteiger partial charge is 0.468 e. The van der Waals surface area contributed by atoms with Gasteiger partial charge in [0, 0.05) is 11.1 Å². The average molecular weight is 418 g/mol. The number of benzene rings is 3. The highest BCUT2D eigenvalue weighted by Gasteiger charge is 2.10.